The highest BCUT2D eigenvalue weighted by atomic mass is 32.2. The zero-order chi connectivity index (χ0) is 13.1. The van der Waals surface area contributed by atoms with E-state index in [0.29, 0.717) is 13.0 Å². The molecule has 4 heteroatoms. The number of rotatable bonds is 5. The Morgan fingerprint density at radius 3 is 2.12 bits per heavy atom. The predicted molar refractivity (Wildman–Crippen MR) is 71.6 cm³/mol. The molecule has 17 heavy (non-hydrogen) atoms. The minimum atomic E-state index is -3.12. The molecule has 0 bridgehead atoms. The molecule has 1 aromatic carbocycles. The van der Waals surface area contributed by atoms with Gasteiger partial charge in [-0.2, -0.15) is 0 Å². The van der Waals surface area contributed by atoms with E-state index in [9.17, 15) is 8.42 Å². The zero-order valence-corrected chi connectivity index (χ0v) is 11.8. The van der Waals surface area contributed by atoms with E-state index in [1.807, 2.05) is 27.7 Å². The molecule has 0 unspecified atom stereocenters. The lowest BCUT2D eigenvalue weighted by Gasteiger charge is -2.12. The average molecular weight is 255 g/mol. The van der Waals surface area contributed by atoms with Crippen LogP contribution in [0.3, 0.4) is 0 Å². The maximum absolute atomic E-state index is 11.6. The maximum atomic E-state index is 11.6. The molecule has 0 fully saturated rings. The molecule has 1 rings (SSSR count). The third-order valence-corrected chi connectivity index (χ3v) is 4.31. The van der Waals surface area contributed by atoms with Gasteiger partial charge in [0.05, 0.1) is 5.75 Å². The summed E-state index contributed by atoms with van der Waals surface area (Å²) < 4.78 is 25.8. The van der Waals surface area contributed by atoms with Crippen molar-refractivity contribution >= 4 is 10.0 Å². The molecule has 1 N–H and O–H groups in total. The molecule has 0 aliphatic carbocycles. The van der Waals surface area contributed by atoms with Crippen molar-refractivity contribution in [3.63, 3.8) is 0 Å². The van der Waals surface area contributed by atoms with Crippen LogP contribution in [0.1, 0.15) is 35.6 Å². The second-order valence-corrected chi connectivity index (χ2v) is 6.44. The van der Waals surface area contributed by atoms with Crippen LogP contribution in [0, 0.1) is 20.8 Å². The van der Waals surface area contributed by atoms with Crippen LogP contribution in [-0.4, -0.2) is 14.2 Å². The highest BCUT2D eigenvalue weighted by Crippen LogP contribution is 2.16. The summed E-state index contributed by atoms with van der Waals surface area (Å²) in [5.41, 5.74) is 4.57. The summed E-state index contributed by atoms with van der Waals surface area (Å²) in [6.45, 7) is 8.33. The first kappa shape index (κ1) is 14.2. The van der Waals surface area contributed by atoms with Crippen molar-refractivity contribution in [1.82, 2.24) is 4.72 Å². The van der Waals surface area contributed by atoms with Crippen molar-refractivity contribution in [2.24, 2.45) is 0 Å². The van der Waals surface area contributed by atoms with Crippen LogP contribution in [0.25, 0.3) is 0 Å². The van der Waals surface area contributed by atoms with Gasteiger partial charge in [0, 0.05) is 6.54 Å². The van der Waals surface area contributed by atoms with E-state index in [1.165, 1.54) is 5.56 Å². The molecular weight excluding hydrogens is 234 g/mol. The fraction of sp³-hybridized carbons (Fsp3) is 0.538. The molecule has 1 aromatic rings. The fourth-order valence-electron chi connectivity index (χ4n) is 2.01. The summed E-state index contributed by atoms with van der Waals surface area (Å²) in [5, 5.41) is 0. The molecule has 96 valence electrons. The zero-order valence-electron chi connectivity index (χ0n) is 11.0. The Bertz CT molecular complexity index is 469. The Kier molecular flexibility index (Phi) is 4.71. The van der Waals surface area contributed by atoms with Gasteiger partial charge in [-0.05, 0) is 43.9 Å². The van der Waals surface area contributed by atoms with E-state index >= 15 is 0 Å². The van der Waals surface area contributed by atoms with Crippen LogP contribution in [0.5, 0.6) is 0 Å². The number of sulfonamides is 1. The van der Waals surface area contributed by atoms with E-state index in [4.69, 9.17) is 0 Å². The summed E-state index contributed by atoms with van der Waals surface area (Å²) in [5.74, 6) is 0.191. The fourth-order valence-corrected chi connectivity index (χ4v) is 3.06. The van der Waals surface area contributed by atoms with Crippen LogP contribution in [0.4, 0.5) is 0 Å². The molecule has 0 saturated carbocycles. The summed E-state index contributed by atoms with van der Waals surface area (Å²) in [6.07, 6.45) is 0.640. The van der Waals surface area contributed by atoms with E-state index in [1.54, 1.807) is 0 Å². The van der Waals surface area contributed by atoms with Crippen molar-refractivity contribution in [3.05, 3.63) is 34.4 Å². The lowest BCUT2D eigenvalue weighted by atomic mass is 10.0. The third kappa shape index (κ3) is 4.13. The molecule has 0 radical (unpaired) electrons. The summed E-state index contributed by atoms with van der Waals surface area (Å²) in [6, 6.07) is 4.16. The van der Waals surface area contributed by atoms with Crippen molar-refractivity contribution < 1.29 is 8.42 Å². The second-order valence-electron chi connectivity index (χ2n) is 4.52. The number of aryl methyl sites for hydroxylation is 3. The summed E-state index contributed by atoms with van der Waals surface area (Å²) in [4.78, 5) is 0. The van der Waals surface area contributed by atoms with E-state index in [2.05, 4.69) is 16.9 Å². The Balaban J connectivity index is 2.83. The molecule has 0 amide bonds. The van der Waals surface area contributed by atoms with Gasteiger partial charge in [0.2, 0.25) is 10.0 Å². The molecular formula is C13H21NO2S. The molecule has 3 nitrogen and oxygen atoms in total. The monoisotopic (exact) mass is 255 g/mol. The quantitative estimate of drug-likeness (QED) is 0.878. The van der Waals surface area contributed by atoms with Gasteiger partial charge in [-0.25, -0.2) is 13.1 Å². The Morgan fingerprint density at radius 2 is 1.65 bits per heavy atom. The number of hydrogen-bond acceptors (Lipinski definition) is 2. The third-order valence-electron chi connectivity index (χ3n) is 2.78. The minimum absolute atomic E-state index is 0.191. The topological polar surface area (TPSA) is 46.2 Å². The van der Waals surface area contributed by atoms with Gasteiger partial charge in [0.25, 0.3) is 0 Å². The van der Waals surface area contributed by atoms with Crippen molar-refractivity contribution in [2.45, 2.75) is 40.7 Å². The molecule has 0 aliphatic heterocycles. The van der Waals surface area contributed by atoms with Crippen LogP contribution < -0.4 is 4.72 Å². The molecule has 0 saturated heterocycles. The molecule has 0 heterocycles. The van der Waals surface area contributed by atoms with Crippen LogP contribution in [-0.2, 0) is 16.6 Å². The molecule has 0 aromatic heterocycles. The van der Waals surface area contributed by atoms with E-state index in [-0.39, 0.29) is 5.75 Å². The number of hydrogen-bond donors (Lipinski definition) is 1. The van der Waals surface area contributed by atoms with Crippen molar-refractivity contribution in [3.8, 4) is 0 Å². The van der Waals surface area contributed by atoms with E-state index in [0.717, 1.165) is 16.7 Å². The van der Waals surface area contributed by atoms with Crippen LogP contribution >= 0.6 is 0 Å². The first-order valence-electron chi connectivity index (χ1n) is 5.90. The summed E-state index contributed by atoms with van der Waals surface area (Å²) >= 11 is 0. The Morgan fingerprint density at radius 1 is 1.12 bits per heavy atom. The highest BCUT2D eigenvalue weighted by Gasteiger charge is 2.10. The number of benzene rings is 1. The normalized spacial score (nSPS) is 11.8. The molecule has 0 atom stereocenters. The summed E-state index contributed by atoms with van der Waals surface area (Å²) in [7, 11) is -3.12. The van der Waals surface area contributed by atoms with Crippen molar-refractivity contribution in [1.29, 1.82) is 0 Å². The molecule has 0 aliphatic rings. The standard InChI is InChI=1S/C13H21NO2S/c1-5-6-17(15,16)14-9-13-11(3)7-10(2)8-12(13)4/h7-8,14H,5-6,9H2,1-4H3. The largest absolute Gasteiger partial charge is 0.212 e. The van der Waals surface area contributed by atoms with E-state index < -0.39 is 10.0 Å². The van der Waals surface area contributed by atoms with Gasteiger partial charge in [0.15, 0.2) is 0 Å². The number of nitrogens with one attached hydrogen (secondary N) is 1. The van der Waals surface area contributed by atoms with Crippen LogP contribution in [0.2, 0.25) is 0 Å². The SMILES string of the molecule is CCCS(=O)(=O)NCc1c(C)cc(C)cc1C. The Labute approximate surface area is 104 Å². The lowest BCUT2D eigenvalue weighted by Crippen LogP contribution is -2.26. The van der Waals surface area contributed by atoms with Gasteiger partial charge in [-0.3, -0.25) is 0 Å². The first-order valence-corrected chi connectivity index (χ1v) is 7.55. The second kappa shape index (κ2) is 5.65. The lowest BCUT2D eigenvalue weighted by molar-refractivity contribution is 0.579. The first-order chi connectivity index (χ1) is 7.85. The maximum Gasteiger partial charge on any atom is 0.211 e. The van der Waals surface area contributed by atoms with Gasteiger partial charge >= 0.3 is 0 Å². The highest BCUT2D eigenvalue weighted by molar-refractivity contribution is 7.89. The van der Waals surface area contributed by atoms with Gasteiger partial charge in [-0.15, -0.1) is 0 Å². The minimum Gasteiger partial charge on any atom is -0.212 e. The van der Waals surface area contributed by atoms with Crippen molar-refractivity contribution in [2.75, 3.05) is 5.75 Å². The van der Waals surface area contributed by atoms with Gasteiger partial charge in [-0.1, -0.05) is 24.6 Å². The average Bonchev–Trinajstić information content (AvgIpc) is 2.15. The Hall–Kier alpha value is -0.870. The smallest absolute Gasteiger partial charge is 0.211 e. The molecule has 0 spiro atoms. The van der Waals surface area contributed by atoms with Gasteiger partial charge in [0.1, 0.15) is 0 Å². The van der Waals surface area contributed by atoms with Crippen LogP contribution in [0.15, 0.2) is 12.1 Å². The van der Waals surface area contributed by atoms with Gasteiger partial charge < -0.3 is 0 Å². The predicted octanol–water partition coefficient (Wildman–Crippen LogP) is 2.44.